The highest BCUT2D eigenvalue weighted by Gasteiger charge is 2.47. The van der Waals surface area contributed by atoms with Crippen LogP contribution in [0.3, 0.4) is 0 Å². The minimum atomic E-state index is 0.499. The van der Waals surface area contributed by atoms with Crippen molar-refractivity contribution in [2.45, 2.75) is 59.3 Å². The van der Waals surface area contributed by atoms with Crippen molar-refractivity contribution >= 4 is 0 Å². The lowest BCUT2D eigenvalue weighted by Gasteiger charge is -2.45. The predicted octanol–water partition coefficient (Wildman–Crippen LogP) is 3.86. The monoisotopic (exact) mass is 267 g/mol. The van der Waals surface area contributed by atoms with Gasteiger partial charge in [0, 0.05) is 20.2 Å². The number of rotatable bonds is 6. The van der Waals surface area contributed by atoms with E-state index in [0.29, 0.717) is 10.8 Å². The molecule has 2 fully saturated rings. The van der Waals surface area contributed by atoms with Crippen molar-refractivity contribution in [3.05, 3.63) is 0 Å². The van der Waals surface area contributed by atoms with Crippen molar-refractivity contribution in [2.24, 2.45) is 22.7 Å². The highest BCUT2D eigenvalue weighted by molar-refractivity contribution is 4.99. The molecule has 0 amide bonds. The van der Waals surface area contributed by atoms with E-state index in [1.165, 1.54) is 45.1 Å². The van der Waals surface area contributed by atoms with E-state index in [1.807, 2.05) is 0 Å². The zero-order valence-corrected chi connectivity index (χ0v) is 13.4. The van der Waals surface area contributed by atoms with Gasteiger partial charge < -0.3 is 10.1 Å². The second-order valence-corrected chi connectivity index (χ2v) is 7.95. The van der Waals surface area contributed by atoms with Gasteiger partial charge in [-0.2, -0.15) is 0 Å². The van der Waals surface area contributed by atoms with Crippen LogP contribution in [0.1, 0.15) is 59.3 Å². The molecule has 0 aromatic rings. The highest BCUT2D eigenvalue weighted by Crippen LogP contribution is 2.56. The van der Waals surface area contributed by atoms with Crippen molar-refractivity contribution in [2.75, 3.05) is 26.8 Å². The van der Waals surface area contributed by atoms with Gasteiger partial charge in [-0.3, -0.25) is 0 Å². The summed E-state index contributed by atoms with van der Waals surface area (Å²) in [6.07, 6.45) is 8.72. The molecule has 0 radical (unpaired) electrons. The number of hydrogen-bond donors (Lipinski definition) is 1. The molecule has 19 heavy (non-hydrogen) atoms. The summed E-state index contributed by atoms with van der Waals surface area (Å²) >= 11 is 0. The van der Waals surface area contributed by atoms with Crippen molar-refractivity contribution in [1.82, 2.24) is 5.32 Å². The molecule has 2 saturated carbocycles. The summed E-state index contributed by atoms with van der Waals surface area (Å²) in [6, 6.07) is 0. The van der Waals surface area contributed by atoms with Gasteiger partial charge in [0.2, 0.25) is 0 Å². The molecule has 0 unspecified atom stereocenters. The lowest BCUT2D eigenvalue weighted by Crippen LogP contribution is -2.42. The molecule has 0 aromatic carbocycles. The first-order valence-corrected chi connectivity index (χ1v) is 8.18. The zero-order chi connectivity index (χ0) is 13.9. The zero-order valence-electron chi connectivity index (χ0n) is 13.4. The van der Waals surface area contributed by atoms with Gasteiger partial charge in [-0.1, -0.05) is 20.8 Å². The lowest BCUT2D eigenvalue weighted by atomic mass is 9.62. The maximum Gasteiger partial charge on any atom is 0.0587 e. The summed E-state index contributed by atoms with van der Waals surface area (Å²) in [4.78, 5) is 0. The first-order chi connectivity index (χ1) is 8.98. The Morgan fingerprint density at radius 2 is 1.74 bits per heavy atom. The minimum absolute atomic E-state index is 0.499. The molecule has 2 heteroatoms. The molecular weight excluding hydrogens is 234 g/mol. The van der Waals surface area contributed by atoms with Gasteiger partial charge in [-0.15, -0.1) is 0 Å². The third-order valence-corrected chi connectivity index (χ3v) is 5.61. The van der Waals surface area contributed by atoms with Crippen LogP contribution in [0.25, 0.3) is 0 Å². The highest BCUT2D eigenvalue weighted by atomic mass is 16.5. The number of hydrogen-bond acceptors (Lipinski definition) is 2. The fourth-order valence-electron chi connectivity index (χ4n) is 4.00. The summed E-state index contributed by atoms with van der Waals surface area (Å²) < 4.78 is 5.14. The van der Waals surface area contributed by atoms with E-state index in [-0.39, 0.29) is 0 Å². The number of nitrogens with one attached hydrogen (secondary N) is 1. The van der Waals surface area contributed by atoms with E-state index in [4.69, 9.17) is 4.74 Å². The van der Waals surface area contributed by atoms with Crippen LogP contribution in [0.5, 0.6) is 0 Å². The average molecular weight is 267 g/mol. The Labute approximate surface area is 119 Å². The van der Waals surface area contributed by atoms with E-state index in [1.54, 1.807) is 7.11 Å². The molecule has 2 aliphatic rings. The predicted molar refractivity (Wildman–Crippen MR) is 81.3 cm³/mol. The Morgan fingerprint density at radius 1 is 1.11 bits per heavy atom. The Morgan fingerprint density at radius 3 is 2.21 bits per heavy atom. The van der Waals surface area contributed by atoms with Crippen LogP contribution in [0.4, 0.5) is 0 Å². The van der Waals surface area contributed by atoms with E-state index in [2.05, 4.69) is 26.1 Å². The van der Waals surface area contributed by atoms with Gasteiger partial charge in [0.25, 0.3) is 0 Å². The smallest absolute Gasteiger partial charge is 0.0587 e. The van der Waals surface area contributed by atoms with Crippen molar-refractivity contribution < 1.29 is 4.74 Å². The fourth-order valence-corrected chi connectivity index (χ4v) is 4.00. The van der Waals surface area contributed by atoms with Gasteiger partial charge in [-0.05, 0) is 61.2 Å². The van der Waals surface area contributed by atoms with Gasteiger partial charge in [-0.25, -0.2) is 0 Å². The van der Waals surface area contributed by atoms with Crippen LogP contribution in [-0.4, -0.2) is 26.8 Å². The van der Waals surface area contributed by atoms with Crippen LogP contribution < -0.4 is 5.32 Å². The maximum absolute atomic E-state index is 5.14. The molecule has 0 bridgehead atoms. The number of methoxy groups -OCH3 is 1. The second kappa shape index (κ2) is 6.13. The summed E-state index contributed by atoms with van der Waals surface area (Å²) in [5, 5.41) is 3.65. The fraction of sp³-hybridized carbons (Fsp3) is 1.00. The molecule has 0 atom stereocenters. The molecule has 0 spiro atoms. The Bertz CT molecular complexity index is 269. The van der Waals surface area contributed by atoms with Crippen molar-refractivity contribution in [1.29, 1.82) is 0 Å². The lowest BCUT2D eigenvalue weighted by molar-refractivity contribution is 0.0680. The Kier molecular flexibility index (Phi) is 4.94. The summed E-state index contributed by atoms with van der Waals surface area (Å²) in [5.74, 6) is 1.95. The first kappa shape index (κ1) is 15.3. The molecule has 1 N–H and O–H groups in total. The minimum Gasteiger partial charge on any atom is -0.383 e. The summed E-state index contributed by atoms with van der Waals surface area (Å²) in [6.45, 7) is 10.3. The normalized spacial score (nSPS) is 32.5. The van der Waals surface area contributed by atoms with Crippen molar-refractivity contribution in [3.8, 4) is 0 Å². The van der Waals surface area contributed by atoms with E-state index in [9.17, 15) is 0 Å². The Hall–Kier alpha value is -0.0800. The summed E-state index contributed by atoms with van der Waals surface area (Å²) in [7, 11) is 1.78. The van der Waals surface area contributed by atoms with Gasteiger partial charge >= 0.3 is 0 Å². The molecule has 2 rings (SSSR count). The molecule has 2 aliphatic carbocycles. The van der Waals surface area contributed by atoms with Gasteiger partial charge in [0.15, 0.2) is 0 Å². The molecular formula is C17H33NO. The van der Waals surface area contributed by atoms with Crippen LogP contribution in [0.15, 0.2) is 0 Å². The van der Waals surface area contributed by atoms with E-state index >= 15 is 0 Å². The first-order valence-electron chi connectivity index (χ1n) is 8.18. The van der Waals surface area contributed by atoms with E-state index < -0.39 is 0 Å². The van der Waals surface area contributed by atoms with Gasteiger partial charge in [0.1, 0.15) is 0 Å². The van der Waals surface area contributed by atoms with Gasteiger partial charge in [0.05, 0.1) is 6.61 Å². The standard InChI is InChI=1S/C17H33NO/c1-16(2,3)14-7-9-17(10-8-14,15-5-6-15)13-18-11-12-19-4/h14-15,18H,5-13H2,1-4H3. The van der Waals surface area contributed by atoms with Crippen LogP contribution >= 0.6 is 0 Å². The maximum atomic E-state index is 5.14. The molecule has 2 nitrogen and oxygen atoms in total. The number of ether oxygens (including phenoxy) is 1. The molecule has 0 aromatic heterocycles. The second-order valence-electron chi connectivity index (χ2n) is 7.95. The average Bonchev–Trinajstić information content (AvgIpc) is 3.19. The quantitative estimate of drug-likeness (QED) is 0.738. The third-order valence-electron chi connectivity index (χ3n) is 5.61. The summed E-state index contributed by atoms with van der Waals surface area (Å²) in [5.41, 5.74) is 1.12. The molecule has 0 heterocycles. The van der Waals surface area contributed by atoms with Crippen molar-refractivity contribution in [3.63, 3.8) is 0 Å². The Balaban J connectivity index is 1.85. The van der Waals surface area contributed by atoms with Crippen LogP contribution in [-0.2, 0) is 4.74 Å². The SMILES string of the molecule is COCCNCC1(C2CC2)CCC(C(C)(C)C)CC1. The molecule has 112 valence electrons. The topological polar surface area (TPSA) is 21.3 Å². The largest absolute Gasteiger partial charge is 0.383 e. The van der Waals surface area contributed by atoms with Crippen LogP contribution in [0, 0.1) is 22.7 Å². The molecule has 0 saturated heterocycles. The third kappa shape index (κ3) is 3.95. The van der Waals surface area contributed by atoms with Crippen LogP contribution in [0.2, 0.25) is 0 Å². The van der Waals surface area contributed by atoms with E-state index in [0.717, 1.165) is 25.0 Å². The molecule has 0 aliphatic heterocycles.